The maximum Gasteiger partial charge on any atom is 0.293 e. The van der Waals surface area contributed by atoms with Crippen molar-refractivity contribution in [2.75, 3.05) is 5.73 Å². The molecule has 0 aliphatic carbocycles. The molecule has 2 aromatic heterocycles. The first-order valence-electron chi connectivity index (χ1n) is 8.04. The van der Waals surface area contributed by atoms with Gasteiger partial charge in [-0.3, -0.25) is 4.79 Å². The van der Waals surface area contributed by atoms with Gasteiger partial charge in [0.15, 0.2) is 5.69 Å². The minimum absolute atomic E-state index is 0.156. The lowest BCUT2D eigenvalue weighted by molar-refractivity contribution is 0.0949. The van der Waals surface area contributed by atoms with Gasteiger partial charge in [-0.2, -0.15) is 5.10 Å². The van der Waals surface area contributed by atoms with E-state index in [1.165, 1.54) is 18.3 Å². The van der Waals surface area contributed by atoms with Gasteiger partial charge in [0, 0.05) is 11.8 Å². The number of aromatic hydroxyl groups is 1. The summed E-state index contributed by atoms with van der Waals surface area (Å²) in [5.74, 6) is 0.616. The standard InChI is InChI=1S/C17H18N8O2/c1-10-15(17(27)23-20-7-12-3-5-14(26)6-4-12)22-24-25(10)9-13-8-19-11(2)21-16(13)18/h3-8,26H,9H2,1-2H3,(H,23,27)(H2,18,19,21)/b20-7+. The molecular formula is C17H18N8O2. The van der Waals surface area contributed by atoms with Gasteiger partial charge in [-0.15, -0.1) is 5.10 Å². The first-order valence-corrected chi connectivity index (χ1v) is 8.04. The zero-order valence-corrected chi connectivity index (χ0v) is 14.8. The summed E-state index contributed by atoms with van der Waals surface area (Å²) in [6.07, 6.45) is 3.09. The van der Waals surface area contributed by atoms with Crippen molar-refractivity contribution in [2.24, 2.45) is 5.10 Å². The van der Waals surface area contributed by atoms with Crippen molar-refractivity contribution in [2.45, 2.75) is 20.4 Å². The van der Waals surface area contributed by atoms with Crippen LogP contribution in [0.25, 0.3) is 0 Å². The average molecular weight is 366 g/mol. The number of benzene rings is 1. The topological polar surface area (TPSA) is 144 Å². The lowest BCUT2D eigenvalue weighted by Crippen LogP contribution is -2.19. The van der Waals surface area contributed by atoms with Gasteiger partial charge >= 0.3 is 0 Å². The fourth-order valence-electron chi connectivity index (χ4n) is 2.29. The van der Waals surface area contributed by atoms with Crippen LogP contribution >= 0.6 is 0 Å². The molecule has 10 nitrogen and oxygen atoms in total. The molecule has 3 aromatic rings. The second-order valence-electron chi connectivity index (χ2n) is 5.80. The molecule has 10 heteroatoms. The number of phenols is 1. The van der Waals surface area contributed by atoms with Gasteiger partial charge in [0.05, 0.1) is 18.5 Å². The summed E-state index contributed by atoms with van der Waals surface area (Å²) >= 11 is 0. The van der Waals surface area contributed by atoms with Crippen molar-refractivity contribution in [3.63, 3.8) is 0 Å². The summed E-state index contributed by atoms with van der Waals surface area (Å²) in [5, 5.41) is 21.0. The third-order valence-corrected chi connectivity index (χ3v) is 3.81. The van der Waals surface area contributed by atoms with Crippen molar-refractivity contribution in [3.05, 3.63) is 58.8 Å². The fraction of sp³-hybridized carbons (Fsp3) is 0.176. The molecule has 1 aromatic carbocycles. The predicted octanol–water partition coefficient (Wildman–Crippen LogP) is 0.785. The number of aryl methyl sites for hydroxylation is 1. The summed E-state index contributed by atoms with van der Waals surface area (Å²) < 4.78 is 1.54. The number of carbonyl (C=O) groups excluding carboxylic acids is 1. The molecule has 3 rings (SSSR count). The van der Waals surface area contributed by atoms with Gasteiger partial charge in [-0.1, -0.05) is 5.21 Å². The number of nitrogen functional groups attached to an aromatic ring is 1. The molecule has 4 N–H and O–H groups in total. The number of hydrazone groups is 1. The summed E-state index contributed by atoms with van der Waals surface area (Å²) in [6.45, 7) is 3.78. The molecular weight excluding hydrogens is 348 g/mol. The number of carbonyl (C=O) groups is 1. The van der Waals surface area contributed by atoms with E-state index in [0.717, 1.165) is 5.56 Å². The first-order chi connectivity index (χ1) is 12.9. The Morgan fingerprint density at radius 2 is 2.07 bits per heavy atom. The van der Waals surface area contributed by atoms with Crippen LogP contribution in [0.1, 0.15) is 33.1 Å². The Kier molecular flexibility index (Phi) is 5.06. The normalized spacial score (nSPS) is 11.0. The fourth-order valence-corrected chi connectivity index (χ4v) is 2.29. The van der Waals surface area contributed by atoms with Crippen molar-refractivity contribution in [1.82, 2.24) is 30.4 Å². The molecule has 0 spiro atoms. The SMILES string of the molecule is Cc1ncc(Cn2nnc(C(=O)N/N=C/c3ccc(O)cc3)c2C)c(N)n1. The molecule has 0 unspecified atom stereocenters. The lowest BCUT2D eigenvalue weighted by atomic mass is 10.2. The van der Waals surface area contributed by atoms with Crippen LogP contribution in [0, 0.1) is 13.8 Å². The van der Waals surface area contributed by atoms with Crippen LogP contribution < -0.4 is 11.2 Å². The van der Waals surface area contributed by atoms with Crippen molar-refractivity contribution < 1.29 is 9.90 Å². The van der Waals surface area contributed by atoms with E-state index in [9.17, 15) is 9.90 Å². The van der Waals surface area contributed by atoms with Gasteiger partial charge in [0.2, 0.25) is 0 Å². The van der Waals surface area contributed by atoms with Crippen LogP contribution in [0.3, 0.4) is 0 Å². The Balaban J connectivity index is 1.68. The van der Waals surface area contributed by atoms with Crippen LogP contribution in [0.2, 0.25) is 0 Å². The molecule has 0 aliphatic rings. The highest BCUT2D eigenvalue weighted by Gasteiger charge is 2.17. The quantitative estimate of drug-likeness (QED) is 0.447. The zero-order valence-electron chi connectivity index (χ0n) is 14.8. The summed E-state index contributed by atoms with van der Waals surface area (Å²) in [4.78, 5) is 20.5. The Hall–Kier alpha value is -3.82. The molecule has 0 saturated heterocycles. The van der Waals surface area contributed by atoms with E-state index >= 15 is 0 Å². The van der Waals surface area contributed by atoms with Gasteiger partial charge in [-0.25, -0.2) is 20.1 Å². The third-order valence-electron chi connectivity index (χ3n) is 3.81. The molecule has 0 bridgehead atoms. The molecule has 0 atom stereocenters. The first kappa shape index (κ1) is 18.0. The van der Waals surface area contributed by atoms with E-state index in [1.807, 2.05) is 0 Å². The Morgan fingerprint density at radius 1 is 1.33 bits per heavy atom. The molecule has 2 heterocycles. The molecule has 27 heavy (non-hydrogen) atoms. The van der Waals surface area contributed by atoms with Gasteiger partial charge < -0.3 is 10.8 Å². The highest BCUT2D eigenvalue weighted by atomic mass is 16.3. The van der Waals surface area contributed by atoms with E-state index < -0.39 is 5.91 Å². The second-order valence-corrected chi connectivity index (χ2v) is 5.80. The van der Waals surface area contributed by atoms with Gasteiger partial charge in [0.25, 0.3) is 5.91 Å². The second kappa shape index (κ2) is 7.60. The Morgan fingerprint density at radius 3 is 2.78 bits per heavy atom. The number of aromatic nitrogens is 5. The predicted molar refractivity (Wildman–Crippen MR) is 98.2 cm³/mol. The van der Waals surface area contributed by atoms with Gasteiger partial charge in [-0.05, 0) is 43.7 Å². The number of hydrogen-bond acceptors (Lipinski definition) is 8. The van der Waals surface area contributed by atoms with E-state index in [-0.39, 0.29) is 11.4 Å². The molecule has 1 amide bonds. The average Bonchev–Trinajstić information content (AvgIpc) is 3.00. The zero-order chi connectivity index (χ0) is 19.4. The number of nitrogens with one attached hydrogen (secondary N) is 1. The summed E-state index contributed by atoms with van der Waals surface area (Å²) in [5.41, 5.74) is 10.4. The van der Waals surface area contributed by atoms with E-state index in [4.69, 9.17) is 5.73 Å². The number of rotatable bonds is 5. The third kappa shape index (κ3) is 4.24. The maximum absolute atomic E-state index is 12.3. The minimum Gasteiger partial charge on any atom is -0.508 e. The molecule has 0 fully saturated rings. The maximum atomic E-state index is 12.3. The Labute approximate surface area is 154 Å². The van der Waals surface area contributed by atoms with Crippen LogP contribution in [0.15, 0.2) is 35.6 Å². The van der Waals surface area contributed by atoms with Crippen LogP contribution in [0.4, 0.5) is 5.82 Å². The Bertz CT molecular complexity index is 995. The van der Waals surface area contributed by atoms with E-state index in [0.29, 0.717) is 29.4 Å². The number of anilines is 1. The minimum atomic E-state index is -0.484. The van der Waals surface area contributed by atoms with E-state index in [1.54, 1.807) is 36.9 Å². The van der Waals surface area contributed by atoms with Crippen molar-refractivity contribution in [3.8, 4) is 5.75 Å². The number of amides is 1. The lowest BCUT2D eigenvalue weighted by Gasteiger charge is -2.06. The number of phenolic OH excluding ortho intramolecular Hbond substituents is 1. The summed E-state index contributed by atoms with van der Waals surface area (Å²) in [6, 6.07) is 6.39. The molecule has 0 aliphatic heterocycles. The van der Waals surface area contributed by atoms with Gasteiger partial charge in [0.1, 0.15) is 17.4 Å². The highest BCUT2D eigenvalue weighted by Crippen LogP contribution is 2.12. The molecule has 0 saturated carbocycles. The van der Waals surface area contributed by atoms with Crippen molar-refractivity contribution >= 4 is 17.9 Å². The van der Waals surface area contributed by atoms with Crippen LogP contribution in [-0.2, 0) is 6.54 Å². The number of nitrogens with zero attached hydrogens (tertiary/aromatic N) is 6. The van der Waals surface area contributed by atoms with Crippen LogP contribution in [0.5, 0.6) is 5.75 Å². The largest absolute Gasteiger partial charge is 0.508 e. The number of hydrogen-bond donors (Lipinski definition) is 3. The van der Waals surface area contributed by atoms with Crippen LogP contribution in [-0.4, -0.2) is 42.2 Å². The highest BCUT2D eigenvalue weighted by molar-refractivity contribution is 5.93. The molecule has 0 radical (unpaired) electrons. The van der Waals surface area contributed by atoms with Crippen molar-refractivity contribution in [1.29, 1.82) is 0 Å². The smallest absolute Gasteiger partial charge is 0.293 e. The monoisotopic (exact) mass is 366 g/mol. The molecule has 138 valence electrons. The number of nitrogens with two attached hydrogens (primary N) is 1. The van der Waals surface area contributed by atoms with E-state index in [2.05, 4.69) is 30.8 Å². The summed E-state index contributed by atoms with van der Waals surface area (Å²) in [7, 11) is 0.